The minimum Gasteiger partial charge on any atom is -0.374 e. The average molecular weight is 620 g/mol. The lowest BCUT2D eigenvalue weighted by molar-refractivity contribution is -0.276. The molecular formula is C25H20ClF10N3O2. The number of likely N-dealkylation sites (tertiary alicyclic amines) is 1. The maximum absolute atomic E-state index is 14.8. The van der Waals surface area contributed by atoms with Gasteiger partial charge >= 0.3 is 18.5 Å². The van der Waals surface area contributed by atoms with E-state index in [0.29, 0.717) is 0 Å². The molecule has 4 rings (SSSR count). The van der Waals surface area contributed by atoms with Gasteiger partial charge in [0.25, 0.3) is 11.5 Å². The summed E-state index contributed by atoms with van der Waals surface area (Å²) in [6, 6.07) is 3.33. The second-order valence-electron chi connectivity index (χ2n) is 9.79. The van der Waals surface area contributed by atoms with E-state index in [9.17, 15) is 48.7 Å². The summed E-state index contributed by atoms with van der Waals surface area (Å²) in [6.07, 6.45) is -15.9. The smallest absolute Gasteiger partial charge is 0.374 e. The summed E-state index contributed by atoms with van der Waals surface area (Å²) in [7, 11) is 0. The molecule has 41 heavy (non-hydrogen) atoms. The van der Waals surface area contributed by atoms with Crippen LogP contribution in [-0.4, -0.2) is 54.5 Å². The molecule has 0 aromatic heterocycles. The molecule has 5 nitrogen and oxygen atoms in total. The Morgan fingerprint density at radius 3 is 2.39 bits per heavy atom. The van der Waals surface area contributed by atoms with Gasteiger partial charge in [-0.3, -0.25) is 9.69 Å². The van der Waals surface area contributed by atoms with Gasteiger partial charge in [-0.05, 0) is 48.7 Å². The van der Waals surface area contributed by atoms with Crippen molar-refractivity contribution >= 4 is 23.2 Å². The van der Waals surface area contributed by atoms with Crippen molar-refractivity contribution in [3.05, 3.63) is 69.0 Å². The van der Waals surface area contributed by atoms with Crippen LogP contribution in [0.5, 0.6) is 0 Å². The Morgan fingerprint density at radius 2 is 1.80 bits per heavy atom. The number of halogens is 11. The lowest BCUT2D eigenvalue weighted by atomic mass is 9.85. The van der Waals surface area contributed by atoms with Gasteiger partial charge in [0, 0.05) is 30.3 Å². The number of amides is 1. The zero-order valence-corrected chi connectivity index (χ0v) is 21.6. The number of carbonyl (C=O) groups is 1. The van der Waals surface area contributed by atoms with Gasteiger partial charge in [0.15, 0.2) is 0 Å². The summed E-state index contributed by atoms with van der Waals surface area (Å²) in [5.41, 5.74) is -6.76. The van der Waals surface area contributed by atoms with Crippen molar-refractivity contribution in [3.63, 3.8) is 0 Å². The molecule has 2 aromatic rings. The van der Waals surface area contributed by atoms with Gasteiger partial charge in [0.05, 0.1) is 29.3 Å². The van der Waals surface area contributed by atoms with Gasteiger partial charge in [0.1, 0.15) is 5.82 Å². The number of carbonyl (C=O) groups excluding carboxylic acids is 1. The number of benzene rings is 2. The van der Waals surface area contributed by atoms with E-state index in [1.165, 1.54) is 25.1 Å². The summed E-state index contributed by atoms with van der Waals surface area (Å²) in [5, 5.41) is 4.85. The molecule has 2 atom stereocenters. The Hall–Kier alpha value is -3.07. The molecule has 2 aromatic carbocycles. The van der Waals surface area contributed by atoms with Crippen molar-refractivity contribution in [2.45, 2.75) is 49.9 Å². The highest BCUT2D eigenvalue weighted by molar-refractivity contribution is 6.30. The molecule has 1 fully saturated rings. The molecule has 16 heteroatoms. The molecule has 2 aliphatic heterocycles. The van der Waals surface area contributed by atoms with Crippen LogP contribution in [0.15, 0.2) is 35.5 Å². The first-order valence-corrected chi connectivity index (χ1v) is 12.3. The van der Waals surface area contributed by atoms with Crippen LogP contribution >= 0.6 is 11.6 Å². The molecule has 1 amide bonds. The van der Waals surface area contributed by atoms with Crippen LogP contribution in [0.2, 0.25) is 5.02 Å². The molecule has 1 saturated heterocycles. The molecule has 2 aliphatic rings. The maximum Gasteiger partial charge on any atom is 0.435 e. The highest BCUT2D eigenvalue weighted by atomic mass is 35.5. The quantitative estimate of drug-likeness (QED) is 0.377. The van der Waals surface area contributed by atoms with Gasteiger partial charge in [-0.2, -0.15) is 39.5 Å². The van der Waals surface area contributed by atoms with E-state index in [1.807, 2.05) is 0 Å². The zero-order chi connectivity index (χ0) is 30.5. The maximum atomic E-state index is 14.8. The van der Waals surface area contributed by atoms with E-state index in [2.05, 4.69) is 15.3 Å². The second kappa shape index (κ2) is 10.6. The fourth-order valence-corrected chi connectivity index (χ4v) is 5.01. The van der Waals surface area contributed by atoms with Gasteiger partial charge in [-0.1, -0.05) is 22.8 Å². The molecule has 2 heterocycles. The Morgan fingerprint density at radius 1 is 1.12 bits per heavy atom. The number of hydrogen-bond acceptors (Lipinski definition) is 4. The minimum absolute atomic E-state index is 0.0147. The number of aryl methyl sites for hydroxylation is 1. The molecular weight excluding hydrogens is 600 g/mol. The lowest BCUT2D eigenvalue weighted by Crippen LogP contribution is -2.43. The van der Waals surface area contributed by atoms with Gasteiger partial charge in [0.2, 0.25) is 0 Å². The number of hydrogen-bond donors (Lipinski definition) is 1. The van der Waals surface area contributed by atoms with Gasteiger partial charge in [-0.15, -0.1) is 0 Å². The molecule has 224 valence electrons. The van der Waals surface area contributed by atoms with E-state index in [4.69, 9.17) is 11.6 Å². The van der Waals surface area contributed by atoms with Crippen molar-refractivity contribution in [1.29, 1.82) is 0 Å². The topological polar surface area (TPSA) is 53.9 Å². The van der Waals surface area contributed by atoms with Crippen LogP contribution in [0.25, 0.3) is 0 Å². The summed E-state index contributed by atoms with van der Waals surface area (Å²) in [6.45, 7) is 0.433. The van der Waals surface area contributed by atoms with Crippen LogP contribution < -0.4 is 5.32 Å². The molecule has 0 spiro atoms. The van der Waals surface area contributed by atoms with Crippen molar-refractivity contribution < 1.29 is 53.5 Å². The number of alkyl halides is 9. The fourth-order valence-electron chi connectivity index (χ4n) is 4.79. The van der Waals surface area contributed by atoms with Crippen LogP contribution in [-0.2, 0) is 16.6 Å². The Kier molecular flexibility index (Phi) is 8.02. The first-order valence-electron chi connectivity index (χ1n) is 11.9. The molecule has 1 N–H and O–H groups in total. The second-order valence-corrected chi connectivity index (χ2v) is 10.2. The summed E-state index contributed by atoms with van der Waals surface area (Å²) >= 11 is 5.51. The van der Waals surface area contributed by atoms with Crippen molar-refractivity contribution in [1.82, 2.24) is 10.2 Å². The third-order valence-electron chi connectivity index (χ3n) is 6.79. The first-order chi connectivity index (χ1) is 18.8. The molecule has 0 aliphatic carbocycles. The van der Waals surface area contributed by atoms with E-state index >= 15 is 0 Å². The number of nitrogens with one attached hydrogen (secondary N) is 1. The largest absolute Gasteiger partial charge is 0.435 e. The SMILES string of the molecule is Cc1cc(C2=NO[C@@](c3cc(C(F)(F)F)cc(Cl)c3F)(C(F)(F)F)C2)ccc1C(=O)N[C@@H]1CCN(CC(F)(F)F)C1. The molecule has 0 bridgehead atoms. The van der Waals surface area contributed by atoms with Gasteiger partial charge < -0.3 is 10.2 Å². The van der Waals surface area contributed by atoms with E-state index in [0.717, 1.165) is 4.90 Å². The van der Waals surface area contributed by atoms with Crippen molar-refractivity contribution in [3.8, 4) is 0 Å². The lowest BCUT2D eigenvalue weighted by Gasteiger charge is -2.30. The average Bonchev–Trinajstić information content (AvgIpc) is 3.46. The summed E-state index contributed by atoms with van der Waals surface area (Å²) < 4.78 is 135. The monoisotopic (exact) mass is 619 g/mol. The third kappa shape index (κ3) is 6.40. The Labute approximate surface area is 231 Å². The normalized spacial score (nSPS) is 22.0. The van der Waals surface area contributed by atoms with E-state index in [-0.39, 0.29) is 54.0 Å². The van der Waals surface area contributed by atoms with E-state index < -0.39 is 71.0 Å². The Bertz CT molecular complexity index is 1370. The summed E-state index contributed by atoms with van der Waals surface area (Å²) in [4.78, 5) is 18.5. The molecule has 0 unspecified atom stereocenters. The molecule has 0 radical (unpaired) electrons. The van der Waals surface area contributed by atoms with Crippen LogP contribution in [0, 0.1) is 12.7 Å². The predicted molar refractivity (Wildman–Crippen MR) is 126 cm³/mol. The fraction of sp³-hybridized carbons (Fsp3) is 0.440. The predicted octanol–water partition coefficient (Wildman–Crippen LogP) is 6.75. The first kappa shape index (κ1) is 30.9. The highest BCUT2D eigenvalue weighted by Crippen LogP contribution is 2.51. The van der Waals surface area contributed by atoms with Gasteiger partial charge in [-0.25, -0.2) is 4.39 Å². The van der Waals surface area contributed by atoms with E-state index in [1.54, 1.807) is 0 Å². The minimum atomic E-state index is -5.43. The van der Waals surface area contributed by atoms with Crippen molar-refractivity contribution in [2.75, 3.05) is 19.6 Å². The molecule has 0 saturated carbocycles. The summed E-state index contributed by atoms with van der Waals surface area (Å²) in [5.74, 6) is -2.37. The zero-order valence-electron chi connectivity index (χ0n) is 20.9. The number of rotatable bonds is 5. The third-order valence-corrected chi connectivity index (χ3v) is 7.07. The van der Waals surface area contributed by atoms with Crippen LogP contribution in [0.4, 0.5) is 43.9 Å². The number of oxime groups is 1. The van der Waals surface area contributed by atoms with Crippen LogP contribution in [0.3, 0.4) is 0 Å². The highest BCUT2D eigenvalue weighted by Gasteiger charge is 2.64. The standard InChI is InChI=1S/C25H20ClF10N3O2/c1-12-6-13(2-3-16(12)21(40)37-15-4-5-39(10-15)11-23(28,29)30)19-9-22(41-38-19,25(34,35)36)17-7-14(24(31,32)33)8-18(26)20(17)27/h2-3,6-8,15H,4-5,9-11H2,1H3,(H,37,40)/t15-,22+/m1/s1. The Balaban J connectivity index is 1.55. The number of nitrogens with zero attached hydrogens (tertiary/aromatic N) is 2. The van der Waals surface area contributed by atoms with Crippen LogP contribution in [0.1, 0.15) is 45.5 Å². The van der Waals surface area contributed by atoms with Crippen molar-refractivity contribution in [2.24, 2.45) is 5.16 Å².